The summed E-state index contributed by atoms with van der Waals surface area (Å²) in [7, 11) is 3.04. The van der Waals surface area contributed by atoms with Crippen LogP contribution in [0.1, 0.15) is 16.8 Å². The molecule has 0 saturated heterocycles. The molecular weight excluding hydrogens is 272 g/mol. The number of amides is 1. The van der Waals surface area contributed by atoms with Gasteiger partial charge in [-0.05, 0) is 6.07 Å². The van der Waals surface area contributed by atoms with Crippen molar-refractivity contribution in [2.24, 2.45) is 0 Å². The fourth-order valence-electron chi connectivity index (χ4n) is 2.10. The van der Waals surface area contributed by atoms with Gasteiger partial charge >= 0.3 is 0 Å². The summed E-state index contributed by atoms with van der Waals surface area (Å²) in [5.74, 6) is -1.19. The number of hydrogen-bond donors (Lipinski definition) is 2. The van der Waals surface area contributed by atoms with Crippen LogP contribution in [0.4, 0.5) is 0 Å². The van der Waals surface area contributed by atoms with Gasteiger partial charge < -0.3 is 19.8 Å². The van der Waals surface area contributed by atoms with Crippen LogP contribution in [0.3, 0.4) is 0 Å². The first-order valence-corrected chi connectivity index (χ1v) is 6.61. The lowest BCUT2D eigenvalue weighted by Gasteiger charge is -2.13. The monoisotopic (exact) mass is 290 g/mol. The van der Waals surface area contributed by atoms with Gasteiger partial charge in [0.2, 0.25) is 0 Å². The highest BCUT2D eigenvalue weighted by atomic mass is 16.7. The van der Waals surface area contributed by atoms with Crippen LogP contribution in [-0.4, -0.2) is 43.7 Å². The number of rotatable bonds is 7. The number of para-hydroxylation sites is 1. The van der Waals surface area contributed by atoms with E-state index in [1.54, 1.807) is 12.3 Å². The third-order valence-electron chi connectivity index (χ3n) is 3.23. The Morgan fingerprint density at radius 2 is 1.95 bits per heavy atom. The maximum atomic E-state index is 12.1. The van der Waals surface area contributed by atoms with Crippen LogP contribution in [0.15, 0.2) is 30.5 Å². The molecule has 2 rings (SSSR count). The summed E-state index contributed by atoms with van der Waals surface area (Å²) >= 11 is 0. The molecule has 6 heteroatoms. The topological polar surface area (TPSA) is 80.4 Å². The predicted octanol–water partition coefficient (Wildman–Crippen LogP) is 1.48. The third kappa shape index (κ3) is 3.48. The second kappa shape index (κ2) is 7.01. The van der Waals surface area contributed by atoms with Crippen molar-refractivity contribution < 1.29 is 19.1 Å². The molecule has 0 aliphatic rings. The van der Waals surface area contributed by atoms with E-state index in [-0.39, 0.29) is 0 Å². The number of aromatic nitrogens is 1. The zero-order valence-corrected chi connectivity index (χ0v) is 12.0. The molecule has 0 aliphatic heterocycles. The Morgan fingerprint density at radius 3 is 2.67 bits per heavy atom. The Morgan fingerprint density at radius 1 is 1.24 bits per heavy atom. The number of ketones is 1. The minimum absolute atomic E-state index is 0.305. The van der Waals surface area contributed by atoms with E-state index in [1.165, 1.54) is 14.2 Å². The maximum Gasteiger partial charge on any atom is 0.292 e. The number of hydrogen-bond acceptors (Lipinski definition) is 4. The van der Waals surface area contributed by atoms with Gasteiger partial charge in [0, 0.05) is 44.3 Å². The van der Waals surface area contributed by atoms with Crippen molar-refractivity contribution in [3.05, 3.63) is 36.0 Å². The summed E-state index contributed by atoms with van der Waals surface area (Å²) in [5.41, 5.74) is 1.20. The molecule has 2 N–H and O–H groups in total. The molecular formula is C15H18N2O4. The average Bonchev–Trinajstić information content (AvgIpc) is 2.94. The van der Waals surface area contributed by atoms with Gasteiger partial charge in [0.1, 0.15) is 0 Å². The van der Waals surface area contributed by atoms with Gasteiger partial charge in [-0.25, -0.2) is 0 Å². The Kier molecular flexibility index (Phi) is 5.08. The minimum Gasteiger partial charge on any atom is -0.360 e. The molecule has 0 unspecified atom stereocenters. The number of carbonyl (C=O) groups excluding carboxylic acids is 2. The number of nitrogens with one attached hydrogen (secondary N) is 2. The van der Waals surface area contributed by atoms with Gasteiger partial charge in [-0.1, -0.05) is 18.2 Å². The van der Waals surface area contributed by atoms with Crippen molar-refractivity contribution in [2.75, 3.05) is 20.8 Å². The van der Waals surface area contributed by atoms with Crippen LogP contribution >= 0.6 is 0 Å². The Balaban J connectivity index is 1.98. The minimum atomic E-state index is -0.634. The van der Waals surface area contributed by atoms with E-state index >= 15 is 0 Å². The van der Waals surface area contributed by atoms with Crippen LogP contribution < -0.4 is 5.32 Å². The van der Waals surface area contributed by atoms with Crippen molar-refractivity contribution >= 4 is 22.6 Å². The molecule has 21 heavy (non-hydrogen) atoms. The predicted molar refractivity (Wildman–Crippen MR) is 78.1 cm³/mol. The zero-order valence-electron chi connectivity index (χ0n) is 12.0. The van der Waals surface area contributed by atoms with Gasteiger partial charge in [-0.2, -0.15) is 0 Å². The van der Waals surface area contributed by atoms with Crippen molar-refractivity contribution in [2.45, 2.75) is 12.7 Å². The van der Waals surface area contributed by atoms with Gasteiger partial charge in [0.05, 0.1) is 5.56 Å². The van der Waals surface area contributed by atoms with E-state index < -0.39 is 18.0 Å². The molecule has 112 valence electrons. The number of fused-ring (bicyclic) bond motifs is 1. The number of H-pyrrole nitrogens is 1. The molecule has 0 aliphatic carbocycles. The van der Waals surface area contributed by atoms with E-state index in [4.69, 9.17) is 9.47 Å². The highest BCUT2D eigenvalue weighted by Gasteiger charge is 2.19. The highest BCUT2D eigenvalue weighted by molar-refractivity contribution is 6.44. The van der Waals surface area contributed by atoms with Crippen molar-refractivity contribution in [1.29, 1.82) is 0 Å². The standard InChI is InChI=1S/C15H18N2O4/c1-20-13(21-2)7-8-16-15(19)14(18)11-9-17-12-6-4-3-5-10(11)12/h3-6,9,13,17H,7-8H2,1-2H3,(H,16,19). The lowest BCUT2D eigenvalue weighted by molar-refractivity contribution is -0.119. The molecule has 1 amide bonds. The van der Waals surface area contributed by atoms with Crippen LogP contribution in [0.2, 0.25) is 0 Å². The maximum absolute atomic E-state index is 12.1. The SMILES string of the molecule is COC(CCNC(=O)C(=O)c1c[nH]c2ccccc12)OC. The van der Waals surface area contributed by atoms with Crippen molar-refractivity contribution in [1.82, 2.24) is 10.3 Å². The Labute approximate surface area is 122 Å². The Hall–Kier alpha value is -2.18. The lowest BCUT2D eigenvalue weighted by Crippen LogP contribution is -2.33. The van der Waals surface area contributed by atoms with Crippen LogP contribution in [0, 0.1) is 0 Å². The van der Waals surface area contributed by atoms with Gasteiger partial charge in [-0.15, -0.1) is 0 Å². The second-order valence-corrected chi connectivity index (χ2v) is 4.52. The molecule has 0 fully saturated rings. The first-order valence-electron chi connectivity index (χ1n) is 6.61. The first-order chi connectivity index (χ1) is 10.2. The van der Waals surface area contributed by atoms with Gasteiger partial charge in [0.25, 0.3) is 11.7 Å². The number of ether oxygens (including phenoxy) is 2. The van der Waals surface area contributed by atoms with Crippen LogP contribution in [0.5, 0.6) is 0 Å². The molecule has 2 aromatic rings. The number of aromatic amines is 1. The first kappa shape index (κ1) is 15.2. The van der Waals surface area contributed by atoms with E-state index in [2.05, 4.69) is 10.3 Å². The van der Waals surface area contributed by atoms with E-state index in [0.29, 0.717) is 18.5 Å². The van der Waals surface area contributed by atoms with E-state index in [0.717, 1.165) is 10.9 Å². The lowest BCUT2D eigenvalue weighted by atomic mass is 10.1. The summed E-state index contributed by atoms with van der Waals surface area (Å²) < 4.78 is 10.0. The summed E-state index contributed by atoms with van der Waals surface area (Å²) in [6, 6.07) is 7.35. The van der Waals surface area contributed by atoms with Crippen LogP contribution in [0.25, 0.3) is 10.9 Å². The summed E-state index contributed by atoms with van der Waals surface area (Å²) in [5, 5.41) is 3.31. The average molecular weight is 290 g/mol. The number of carbonyl (C=O) groups is 2. The quantitative estimate of drug-likeness (QED) is 0.460. The summed E-state index contributed by atoms with van der Waals surface area (Å²) in [6.07, 6.45) is 1.63. The molecule has 0 bridgehead atoms. The number of Topliss-reactive ketones (excluding diaryl/α,β-unsaturated/α-hetero) is 1. The fraction of sp³-hybridized carbons (Fsp3) is 0.333. The second-order valence-electron chi connectivity index (χ2n) is 4.52. The Bertz CT molecular complexity index is 631. The van der Waals surface area contributed by atoms with Crippen molar-refractivity contribution in [3.63, 3.8) is 0 Å². The molecule has 0 saturated carbocycles. The van der Waals surface area contributed by atoms with E-state index in [9.17, 15) is 9.59 Å². The summed E-state index contributed by atoms with van der Waals surface area (Å²) in [6.45, 7) is 0.305. The van der Waals surface area contributed by atoms with E-state index in [1.807, 2.05) is 18.2 Å². The smallest absolute Gasteiger partial charge is 0.292 e. The zero-order chi connectivity index (χ0) is 15.2. The van der Waals surface area contributed by atoms with Crippen LogP contribution in [-0.2, 0) is 14.3 Å². The molecule has 0 radical (unpaired) electrons. The third-order valence-corrected chi connectivity index (χ3v) is 3.23. The molecule has 0 spiro atoms. The highest BCUT2D eigenvalue weighted by Crippen LogP contribution is 2.18. The normalized spacial score (nSPS) is 11.0. The fourth-order valence-corrected chi connectivity index (χ4v) is 2.10. The molecule has 1 aromatic heterocycles. The van der Waals surface area contributed by atoms with Gasteiger partial charge in [-0.3, -0.25) is 9.59 Å². The molecule has 6 nitrogen and oxygen atoms in total. The molecule has 0 atom stereocenters. The summed E-state index contributed by atoms with van der Waals surface area (Å²) in [4.78, 5) is 27.0. The number of methoxy groups -OCH3 is 2. The largest absolute Gasteiger partial charge is 0.360 e. The van der Waals surface area contributed by atoms with Crippen molar-refractivity contribution in [3.8, 4) is 0 Å². The van der Waals surface area contributed by atoms with Gasteiger partial charge in [0.15, 0.2) is 6.29 Å². The number of benzene rings is 1. The molecule has 1 aromatic carbocycles. The molecule has 1 heterocycles.